The number of methoxy groups -OCH3 is 1. The van der Waals surface area contributed by atoms with Gasteiger partial charge in [0.15, 0.2) is 11.6 Å². The molecule has 0 saturated heterocycles. The van der Waals surface area contributed by atoms with Gasteiger partial charge in [-0.3, -0.25) is 4.79 Å². The Kier molecular flexibility index (Phi) is 4.77. The minimum Gasteiger partial charge on any atom is -0.496 e. The Morgan fingerprint density at radius 3 is 2.30 bits per heavy atom. The highest BCUT2D eigenvalue weighted by Gasteiger charge is 2.12. The topological polar surface area (TPSA) is 35.5 Å². The Morgan fingerprint density at radius 2 is 1.70 bits per heavy atom. The minimum atomic E-state index is -0.603. The molecule has 0 fully saturated rings. The van der Waals surface area contributed by atoms with Gasteiger partial charge in [-0.05, 0) is 62.2 Å². The Bertz CT molecular complexity index is 659. The molecule has 20 heavy (non-hydrogen) atoms. The van der Waals surface area contributed by atoms with E-state index in [0.29, 0.717) is 26.7 Å². The van der Waals surface area contributed by atoms with E-state index in [1.807, 2.05) is 0 Å². The molecule has 0 aliphatic carbocycles. The third-order valence-electron chi connectivity index (χ3n) is 2.52. The molecule has 0 radical (unpaired) electrons. The zero-order chi connectivity index (χ0) is 14.7. The largest absolute Gasteiger partial charge is 0.496 e. The van der Waals surface area contributed by atoms with Crippen LogP contribution in [0.15, 0.2) is 39.3 Å². The lowest BCUT2D eigenvalue weighted by Crippen LogP contribution is -1.92. The van der Waals surface area contributed by atoms with E-state index >= 15 is 0 Å². The summed E-state index contributed by atoms with van der Waals surface area (Å²) in [7, 11) is 1.55. The van der Waals surface area contributed by atoms with Crippen LogP contribution in [0.5, 0.6) is 17.2 Å². The highest BCUT2D eigenvalue weighted by molar-refractivity contribution is 9.11. The fraction of sp³-hybridized carbons (Fsp3) is 0.0714. The van der Waals surface area contributed by atoms with Crippen LogP contribution in [0.1, 0.15) is 10.4 Å². The first-order valence-electron chi connectivity index (χ1n) is 5.50. The number of aldehydes is 1. The number of ether oxygens (including phenoxy) is 2. The highest BCUT2D eigenvalue weighted by Crippen LogP contribution is 2.38. The molecule has 0 aliphatic rings. The molecule has 0 amide bonds. The van der Waals surface area contributed by atoms with Gasteiger partial charge in [0.25, 0.3) is 0 Å². The van der Waals surface area contributed by atoms with Crippen LogP contribution in [0.4, 0.5) is 4.39 Å². The van der Waals surface area contributed by atoms with Crippen LogP contribution in [0.3, 0.4) is 0 Å². The molecule has 0 spiro atoms. The third-order valence-corrected chi connectivity index (χ3v) is 3.76. The van der Waals surface area contributed by atoms with Gasteiger partial charge in [0.1, 0.15) is 17.8 Å². The van der Waals surface area contributed by atoms with Crippen LogP contribution in [0.25, 0.3) is 0 Å². The molecule has 0 heterocycles. The lowest BCUT2D eigenvalue weighted by atomic mass is 10.2. The summed E-state index contributed by atoms with van der Waals surface area (Å²) >= 11 is 6.66. The maximum Gasteiger partial charge on any atom is 0.166 e. The van der Waals surface area contributed by atoms with Crippen LogP contribution in [0.2, 0.25) is 0 Å². The summed E-state index contributed by atoms with van der Waals surface area (Å²) in [6.07, 6.45) is 0.576. The molecule has 6 heteroatoms. The van der Waals surface area contributed by atoms with E-state index in [4.69, 9.17) is 9.47 Å². The molecule has 0 N–H and O–H groups in total. The standard InChI is InChI=1S/C14H9Br2FO3/c1-19-13-5-10(16)14(6-9(13)15)20-12-3-2-8(7-18)4-11(12)17/h2-7H,1H3. The van der Waals surface area contributed by atoms with E-state index in [0.717, 1.165) is 6.07 Å². The number of benzene rings is 2. The van der Waals surface area contributed by atoms with Crippen molar-refractivity contribution in [2.75, 3.05) is 7.11 Å². The molecule has 0 saturated carbocycles. The fourth-order valence-corrected chi connectivity index (χ4v) is 2.42. The summed E-state index contributed by atoms with van der Waals surface area (Å²) in [5.41, 5.74) is 0.254. The maximum atomic E-state index is 13.8. The molecule has 0 aliphatic heterocycles. The Morgan fingerprint density at radius 1 is 1.05 bits per heavy atom. The maximum absolute atomic E-state index is 13.8. The molecule has 2 aromatic rings. The molecule has 0 atom stereocenters. The summed E-state index contributed by atoms with van der Waals surface area (Å²) in [4.78, 5) is 10.6. The third kappa shape index (κ3) is 3.19. The van der Waals surface area contributed by atoms with Gasteiger partial charge >= 0.3 is 0 Å². The van der Waals surface area contributed by atoms with Crippen LogP contribution in [0, 0.1) is 5.82 Å². The van der Waals surface area contributed by atoms with Crippen molar-refractivity contribution >= 4 is 38.1 Å². The fourth-order valence-electron chi connectivity index (χ4n) is 1.54. The Hall–Kier alpha value is -1.40. The van der Waals surface area contributed by atoms with Gasteiger partial charge in [0.05, 0.1) is 16.1 Å². The highest BCUT2D eigenvalue weighted by atomic mass is 79.9. The molecule has 0 aromatic heterocycles. The van der Waals surface area contributed by atoms with Crippen LogP contribution >= 0.6 is 31.9 Å². The molecule has 0 bridgehead atoms. The van der Waals surface area contributed by atoms with Crippen LogP contribution in [-0.4, -0.2) is 13.4 Å². The number of rotatable bonds is 4. The predicted molar refractivity (Wildman–Crippen MR) is 80.3 cm³/mol. The summed E-state index contributed by atoms with van der Waals surface area (Å²) in [6.45, 7) is 0. The first kappa shape index (κ1) is 15.0. The van der Waals surface area contributed by atoms with Crippen molar-refractivity contribution < 1.29 is 18.7 Å². The normalized spacial score (nSPS) is 10.2. The first-order chi connectivity index (χ1) is 9.55. The van der Waals surface area contributed by atoms with Crippen LogP contribution in [-0.2, 0) is 0 Å². The zero-order valence-electron chi connectivity index (χ0n) is 10.3. The van der Waals surface area contributed by atoms with Crippen molar-refractivity contribution in [3.63, 3.8) is 0 Å². The van der Waals surface area contributed by atoms with Crippen molar-refractivity contribution in [3.05, 3.63) is 50.7 Å². The summed E-state index contributed by atoms with van der Waals surface area (Å²) < 4.78 is 25.7. The number of hydrogen-bond acceptors (Lipinski definition) is 3. The molecule has 0 unspecified atom stereocenters. The molecule has 104 valence electrons. The SMILES string of the molecule is COc1cc(Br)c(Oc2ccc(C=O)cc2F)cc1Br. The van der Waals surface area contributed by atoms with E-state index < -0.39 is 5.82 Å². The van der Waals surface area contributed by atoms with Crippen molar-refractivity contribution in [1.82, 2.24) is 0 Å². The van der Waals surface area contributed by atoms with Gasteiger partial charge < -0.3 is 9.47 Å². The first-order valence-corrected chi connectivity index (χ1v) is 7.09. The molecule has 2 aromatic carbocycles. The quantitative estimate of drug-likeness (QED) is 0.676. The average Bonchev–Trinajstić information content (AvgIpc) is 2.44. The summed E-state index contributed by atoms with van der Waals surface area (Å²) in [6, 6.07) is 7.38. The lowest BCUT2D eigenvalue weighted by Gasteiger charge is -2.11. The predicted octanol–water partition coefficient (Wildman–Crippen LogP) is 4.96. The Labute approximate surface area is 132 Å². The van der Waals surface area contributed by atoms with Crippen molar-refractivity contribution in [3.8, 4) is 17.2 Å². The second-order valence-corrected chi connectivity index (χ2v) is 5.54. The van der Waals surface area contributed by atoms with E-state index in [1.54, 1.807) is 19.2 Å². The second-order valence-electron chi connectivity index (χ2n) is 3.83. The number of hydrogen-bond donors (Lipinski definition) is 0. The van der Waals surface area contributed by atoms with Gasteiger partial charge in [-0.1, -0.05) is 0 Å². The number of carbonyl (C=O) groups is 1. The second kappa shape index (κ2) is 6.37. The number of halogens is 3. The van der Waals surface area contributed by atoms with E-state index in [-0.39, 0.29) is 11.3 Å². The molecule has 2 rings (SSSR count). The summed E-state index contributed by atoms with van der Waals surface area (Å²) in [5, 5.41) is 0. The van der Waals surface area contributed by atoms with Gasteiger partial charge in [0.2, 0.25) is 0 Å². The monoisotopic (exact) mass is 402 g/mol. The van der Waals surface area contributed by atoms with Gasteiger partial charge in [0, 0.05) is 5.56 Å². The smallest absolute Gasteiger partial charge is 0.166 e. The summed E-state index contributed by atoms with van der Waals surface area (Å²) in [5.74, 6) is 0.484. The lowest BCUT2D eigenvalue weighted by molar-refractivity contribution is 0.112. The van der Waals surface area contributed by atoms with Crippen molar-refractivity contribution in [2.24, 2.45) is 0 Å². The molecule has 3 nitrogen and oxygen atoms in total. The van der Waals surface area contributed by atoms with Gasteiger partial charge in [-0.2, -0.15) is 0 Å². The van der Waals surface area contributed by atoms with Gasteiger partial charge in [-0.15, -0.1) is 0 Å². The van der Waals surface area contributed by atoms with E-state index in [9.17, 15) is 9.18 Å². The minimum absolute atomic E-state index is 0.0355. The van der Waals surface area contributed by atoms with E-state index in [1.165, 1.54) is 12.1 Å². The van der Waals surface area contributed by atoms with Crippen molar-refractivity contribution in [2.45, 2.75) is 0 Å². The molecular formula is C14H9Br2FO3. The molecular weight excluding hydrogens is 395 g/mol. The van der Waals surface area contributed by atoms with Gasteiger partial charge in [-0.25, -0.2) is 4.39 Å². The Balaban J connectivity index is 2.35. The number of carbonyl (C=O) groups excluding carboxylic acids is 1. The van der Waals surface area contributed by atoms with E-state index in [2.05, 4.69) is 31.9 Å². The van der Waals surface area contributed by atoms with Crippen LogP contribution < -0.4 is 9.47 Å². The average molecular weight is 404 g/mol. The zero-order valence-corrected chi connectivity index (χ0v) is 13.5. The van der Waals surface area contributed by atoms with Crippen molar-refractivity contribution in [1.29, 1.82) is 0 Å².